The Kier molecular flexibility index (Phi) is 7.04. The zero-order chi connectivity index (χ0) is 26.3. The van der Waals surface area contributed by atoms with E-state index in [1.807, 2.05) is 20.8 Å². The van der Waals surface area contributed by atoms with E-state index >= 15 is 0 Å². The van der Waals surface area contributed by atoms with Crippen LogP contribution in [0, 0.1) is 5.92 Å². The van der Waals surface area contributed by atoms with E-state index in [4.69, 9.17) is 26.8 Å². The van der Waals surface area contributed by atoms with Gasteiger partial charge in [-0.15, -0.1) is 5.10 Å². The highest BCUT2D eigenvalue weighted by Crippen LogP contribution is 2.59. The zero-order valence-corrected chi connectivity index (χ0v) is 21.4. The summed E-state index contributed by atoms with van der Waals surface area (Å²) in [7, 11) is 0. The quantitative estimate of drug-likeness (QED) is 0.485. The van der Waals surface area contributed by atoms with Crippen LogP contribution in [0.1, 0.15) is 46.1 Å². The van der Waals surface area contributed by atoms with Gasteiger partial charge in [0, 0.05) is 30.8 Å². The SMILES string of the molecule is CC(=O)O[C@@]12C[C@H]1C[C@@H](C(=O)NCc1cc(Cl)ccc1-n1cnnn1)N2C(=O)[C@H](N)COC(C)(C)C. The molecule has 36 heavy (non-hydrogen) atoms. The van der Waals surface area contributed by atoms with Gasteiger partial charge in [-0.25, -0.2) is 4.68 Å². The van der Waals surface area contributed by atoms with Crippen LogP contribution >= 0.6 is 11.6 Å². The summed E-state index contributed by atoms with van der Waals surface area (Å²) in [5.41, 5.74) is 5.84. The number of rotatable bonds is 8. The standard InChI is InChI=1S/C23H30ClN7O5/c1-13(32)36-23-9-15(23)8-19(31(23)21(34)17(25)11-35-22(2,3)4)20(33)26-10-14-7-16(24)5-6-18(14)30-12-27-28-29-30/h5-7,12,15,17,19H,8-11,25H2,1-4H3,(H,26,33)/t15-,17-,19+,23+/m1/s1. The molecule has 0 unspecified atom stereocenters. The highest BCUT2D eigenvalue weighted by atomic mass is 35.5. The molecular weight excluding hydrogens is 490 g/mol. The summed E-state index contributed by atoms with van der Waals surface area (Å²) in [6.07, 6.45) is 2.25. The van der Waals surface area contributed by atoms with Gasteiger partial charge in [0.2, 0.25) is 11.8 Å². The van der Waals surface area contributed by atoms with Crippen molar-refractivity contribution in [2.24, 2.45) is 11.7 Å². The van der Waals surface area contributed by atoms with Crippen molar-refractivity contribution in [2.75, 3.05) is 6.61 Å². The summed E-state index contributed by atoms with van der Waals surface area (Å²) in [5.74, 6) is -1.56. The lowest BCUT2D eigenvalue weighted by Gasteiger charge is -2.35. The molecule has 4 atom stereocenters. The van der Waals surface area contributed by atoms with Crippen LogP contribution in [0.2, 0.25) is 5.02 Å². The lowest BCUT2D eigenvalue weighted by atomic mass is 10.1. The molecule has 3 N–H and O–H groups in total. The number of amides is 2. The number of fused-ring (bicyclic) bond motifs is 1. The molecule has 1 saturated carbocycles. The Labute approximate surface area is 213 Å². The first kappa shape index (κ1) is 26.0. The number of hydrogen-bond acceptors (Lipinski definition) is 9. The average Bonchev–Trinajstić information content (AvgIpc) is 3.14. The van der Waals surface area contributed by atoms with E-state index in [0.717, 1.165) is 0 Å². The molecule has 194 valence electrons. The average molecular weight is 520 g/mol. The molecule has 12 nitrogen and oxygen atoms in total. The van der Waals surface area contributed by atoms with Crippen molar-refractivity contribution >= 4 is 29.4 Å². The molecule has 1 aliphatic carbocycles. The molecule has 2 heterocycles. The first-order valence-electron chi connectivity index (χ1n) is 11.6. The van der Waals surface area contributed by atoms with Crippen molar-refractivity contribution in [3.05, 3.63) is 35.1 Å². The smallest absolute Gasteiger partial charge is 0.304 e. The maximum Gasteiger partial charge on any atom is 0.304 e. The Balaban J connectivity index is 1.52. The molecule has 1 saturated heterocycles. The fourth-order valence-electron chi connectivity index (χ4n) is 4.56. The first-order valence-corrected chi connectivity index (χ1v) is 12.0. The third-order valence-electron chi connectivity index (χ3n) is 6.21. The van der Waals surface area contributed by atoms with Crippen LogP contribution in [-0.4, -0.2) is 72.9 Å². The molecule has 13 heteroatoms. The van der Waals surface area contributed by atoms with Crippen molar-refractivity contribution in [3.63, 3.8) is 0 Å². The minimum Gasteiger partial charge on any atom is -0.439 e. The topological polar surface area (TPSA) is 155 Å². The van der Waals surface area contributed by atoms with Crippen LogP contribution in [0.25, 0.3) is 5.69 Å². The number of esters is 1. The van der Waals surface area contributed by atoms with Crippen LogP contribution < -0.4 is 11.1 Å². The molecule has 1 aromatic carbocycles. The summed E-state index contributed by atoms with van der Waals surface area (Å²) in [6.45, 7) is 6.92. The third-order valence-corrected chi connectivity index (χ3v) is 6.44. The van der Waals surface area contributed by atoms with E-state index in [1.54, 1.807) is 18.2 Å². The fraction of sp³-hybridized carbons (Fsp3) is 0.565. The van der Waals surface area contributed by atoms with Crippen molar-refractivity contribution in [1.82, 2.24) is 30.4 Å². The maximum absolute atomic E-state index is 13.4. The van der Waals surface area contributed by atoms with E-state index in [1.165, 1.54) is 22.8 Å². The minimum atomic E-state index is -1.15. The number of halogens is 1. The lowest BCUT2D eigenvalue weighted by molar-refractivity contribution is -0.172. The summed E-state index contributed by atoms with van der Waals surface area (Å²) >= 11 is 6.17. The largest absolute Gasteiger partial charge is 0.439 e. The highest BCUT2D eigenvalue weighted by molar-refractivity contribution is 6.30. The second-order valence-electron chi connectivity index (χ2n) is 10.1. The minimum absolute atomic E-state index is 0.0359. The van der Waals surface area contributed by atoms with Gasteiger partial charge in [0.1, 0.15) is 18.4 Å². The molecule has 2 fully saturated rings. The van der Waals surface area contributed by atoms with E-state index in [9.17, 15) is 14.4 Å². The van der Waals surface area contributed by atoms with Crippen LogP contribution in [0.4, 0.5) is 0 Å². The van der Waals surface area contributed by atoms with Gasteiger partial charge in [-0.3, -0.25) is 19.3 Å². The lowest BCUT2D eigenvalue weighted by Crippen LogP contribution is -2.58. The summed E-state index contributed by atoms with van der Waals surface area (Å²) in [6, 6.07) is 3.26. The summed E-state index contributed by atoms with van der Waals surface area (Å²) < 4.78 is 12.7. The van der Waals surface area contributed by atoms with Crippen LogP contribution in [0.5, 0.6) is 0 Å². The van der Waals surface area contributed by atoms with Gasteiger partial charge in [0.25, 0.3) is 0 Å². The van der Waals surface area contributed by atoms with Gasteiger partial charge in [-0.2, -0.15) is 0 Å². The zero-order valence-electron chi connectivity index (χ0n) is 20.6. The van der Waals surface area contributed by atoms with Crippen LogP contribution in [0.3, 0.4) is 0 Å². The Hall–Kier alpha value is -3.09. The molecular formula is C23H30ClN7O5. The van der Waals surface area contributed by atoms with Crippen molar-refractivity contribution < 1.29 is 23.9 Å². The van der Waals surface area contributed by atoms with Gasteiger partial charge in [0.15, 0.2) is 5.72 Å². The number of ether oxygens (including phenoxy) is 2. The molecule has 1 aromatic heterocycles. The van der Waals surface area contributed by atoms with Gasteiger partial charge in [-0.1, -0.05) is 11.6 Å². The number of carbonyl (C=O) groups is 3. The summed E-state index contributed by atoms with van der Waals surface area (Å²) in [4.78, 5) is 40.0. The van der Waals surface area contributed by atoms with E-state index in [-0.39, 0.29) is 19.1 Å². The third kappa shape index (κ3) is 5.35. The van der Waals surface area contributed by atoms with Crippen molar-refractivity contribution in [3.8, 4) is 5.69 Å². The number of likely N-dealkylation sites (tertiary alicyclic amines) is 1. The molecule has 0 bridgehead atoms. The first-order chi connectivity index (χ1) is 16.9. The van der Waals surface area contributed by atoms with E-state index in [2.05, 4.69) is 20.8 Å². The predicted molar refractivity (Wildman–Crippen MR) is 128 cm³/mol. The predicted octanol–water partition coefficient (Wildman–Crippen LogP) is 0.955. The molecule has 1 aliphatic heterocycles. The van der Waals surface area contributed by atoms with Gasteiger partial charge in [-0.05, 0) is 61.4 Å². The molecule has 2 amide bonds. The van der Waals surface area contributed by atoms with Crippen molar-refractivity contribution in [2.45, 2.75) is 70.5 Å². The van der Waals surface area contributed by atoms with Gasteiger partial charge < -0.3 is 20.5 Å². The van der Waals surface area contributed by atoms with Gasteiger partial charge in [0.05, 0.1) is 17.9 Å². The number of carbonyl (C=O) groups excluding carboxylic acids is 3. The molecule has 2 aliphatic rings. The molecule has 4 rings (SSSR count). The number of hydrogen-bond donors (Lipinski definition) is 2. The molecule has 0 radical (unpaired) electrons. The number of nitrogens with two attached hydrogens (primary N) is 1. The normalized spacial score (nSPS) is 23.7. The Morgan fingerprint density at radius 3 is 2.72 bits per heavy atom. The van der Waals surface area contributed by atoms with E-state index < -0.39 is 41.2 Å². The second-order valence-corrected chi connectivity index (χ2v) is 10.5. The van der Waals surface area contributed by atoms with Crippen LogP contribution in [-0.2, 0) is 30.4 Å². The number of piperidine rings is 1. The van der Waals surface area contributed by atoms with E-state index in [0.29, 0.717) is 29.1 Å². The van der Waals surface area contributed by atoms with Gasteiger partial charge >= 0.3 is 5.97 Å². The fourth-order valence-corrected chi connectivity index (χ4v) is 4.76. The molecule has 2 aromatic rings. The second kappa shape index (κ2) is 9.75. The summed E-state index contributed by atoms with van der Waals surface area (Å²) in [5, 5.41) is 14.5. The molecule has 0 spiro atoms. The van der Waals surface area contributed by atoms with Crippen LogP contribution in [0.15, 0.2) is 24.5 Å². The number of benzene rings is 1. The van der Waals surface area contributed by atoms with Crippen molar-refractivity contribution in [1.29, 1.82) is 0 Å². The number of tetrazole rings is 1. The monoisotopic (exact) mass is 519 g/mol. The number of aromatic nitrogens is 4. The Bertz CT molecular complexity index is 1150. The highest BCUT2D eigenvalue weighted by Gasteiger charge is 2.71. The maximum atomic E-state index is 13.4. The Morgan fingerprint density at radius 1 is 1.33 bits per heavy atom. The number of nitrogens with one attached hydrogen (secondary N) is 1. The Morgan fingerprint density at radius 2 is 2.08 bits per heavy atom. The number of nitrogens with zero attached hydrogens (tertiary/aromatic N) is 5.